The van der Waals surface area contributed by atoms with Gasteiger partial charge >= 0.3 is 0 Å². The third kappa shape index (κ3) is 3.26. The molecule has 1 N–H and O–H groups in total. The molecule has 1 aromatic rings. The first-order chi connectivity index (χ1) is 7.17. The van der Waals surface area contributed by atoms with E-state index in [2.05, 4.69) is 11.4 Å². The van der Waals surface area contributed by atoms with Crippen molar-refractivity contribution in [2.75, 3.05) is 13.6 Å². The summed E-state index contributed by atoms with van der Waals surface area (Å²) in [5, 5.41) is 11.9. The lowest BCUT2D eigenvalue weighted by Gasteiger charge is -2.15. The minimum absolute atomic E-state index is 0.0592. The molecule has 1 unspecified atom stereocenters. The van der Waals surface area contributed by atoms with E-state index in [0.717, 1.165) is 12.1 Å². The fourth-order valence-corrected chi connectivity index (χ4v) is 1.37. The van der Waals surface area contributed by atoms with Crippen molar-refractivity contribution in [3.8, 4) is 11.8 Å². The molecule has 0 radical (unpaired) electrons. The van der Waals surface area contributed by atoms with Crippen LogP contribution in [0.25, 0.3) is 0 Å². The molecule has 0 spiro atoms. The summed E-state index contributed by atoms with van der Waals surface area (Å²) in [6.45, 7) is 4.72. The van der Waals surface area contributed by atoms with Crippen LogP contribution in [0.3, 0.4) is 0 Å². The van der Waals surface area contributed by atoms with Gasteiger partial charge < -0.3 is 10.1 Å². The molecule has 15 heavy (non-hydrogen) atoms. The quantitative estimate of drug-likeness (QED) is 0.814. The molecule has 0 heterocycles. The van der Waals surface area contributed by atoms with Crippen LogP contribution in [0.1, 0.15) is 18.1 Å². The van der Waals surface area contributed by atoms with E-state index < -0.39 is 0 Å². The second-order valence-electron chi connectivity index (χ2n) is 3.60. The van der Waals surface area contributed by atoms with Crippen molar-refractivity contribution in [1.29, 1.82) is 5.26 Å². The maximum Gasteiger partial charge on any atom is 0.137 e. The van der Waals surface area contributed by atoms with Gasteiger partial charge in [0, 0.05) is 6.54 Å². The second kappa shape index (κ2) is 5.38. The van der Waals surface area contributed by atoms with E-state index in [-0.39, 0.29) is 6.10 Å². The Kier molecular flexibility index (Phi) is 4.14. The molecule has 0 fully saturated rings. The predicted octanol–water partition coefficient (Wildman–Crippen LogP) is 1.85. The number of benzene rings is 1. The zero-order valence-corrected chi connectivity index (χ0v) is 9.37. The molecular weight excluding hydrogens is 188 g/mol. The molecule has 1 rings (SSSR count). The SMILES string of the molecule is CNCC(C)Oc1cc(C)ccc1C#N. The molecule has 0 aliphatic carbocycles. The Morgan fingerprint density at radius 1 is 1.53 bits per heavy atom. The molecule has 3 heteroatoms. The summed E-state index contributed by atoms with van der Waals surface area (Å²) in [7, 11) is 1.88. The number of nitrogens with one attached hydrogen (secondary N) is 1. The summed E-state index contributed by atoms with van der Waals surface area (Å²) in [5.41, 5.74) is 1.68. The van der Waals surface area contributed by atoms with Crippen LogP contribution in [0, 0.1) is 18.3 Å². The third-order valence-corrected chi connectivity index (χ3v) is 2.08. The fraction of sp³-hybridized carbons (Fsp3) is 0.417. The van der Waals surface area contributed by atoms with Gasteiger partial charge in [0.2, 0.25) is 0 Å². The molecule has 0 saturated heterocycles. The normalized spacial score (nSPS) is 11.9. The maximum atomic E-state index is 8.91. The zero-order valence-electron chi connectivity index (χ0n) is 9.37. The van der Waals surface area contributed by atoms with E-state index in [1.54, 1.807) is 6.07 Å². The van der Waals surface area contributed by atoms with Crippen LogP contribution in [0.5, 0.6) is 5.75 Å². The number of hydrogen-bond acceptors (Lipinski definition) is 3. The lowest BCUT2D eigenvalue weighted by atomic mass is 10.1. The molecule has 1 aromatic carbocycles. The van der Waals surface area contributed by atoms with E-state index in [1.807, 2.05) is 33.0 Å². The molecule has 3 nitrogen and oxygen atoms in total. The second-order valence-corrected chi connectivity index (χ2v) is 3.60. The summed E-state index contributed by atoms with van der Waals surface area (Å²) in [4.78, 5) is 0. The van der Waals surface area contributed by atoms with Crippen molar-refractivity contribution in [2.24, 2.45) is 0 Å². The van der Waals surface area contributed by atoms with Crippen molar-refractivity contribution < 1.29 is 4.74 Å². The number of nitriles is 1. The molecule has 0 aliphatic heterocycles. The monoisotopic (exact) mass is 204 g/mol. The highest BCUT2D eigenvalue weighted by molar-refractivity contribution is 5.45. The smallest absolute Gasteiger partial charge is 0.137 e. The predicted molar refractivity (Wildman–Crippen MR) is 59.9 cm³/mol. The van der Waals surface area contributed by atoms with Crippen LogP contribution in [0.4, 0.5) is 0 Å². The van der Waals surface area contributed by atoms with Crippen LogP contribution in [-0.4, -0.2) is 19.7 Å². The van der Waals surface area contributed by atoms with Crippen molar-refractivity contribution in [3.63, 3.8) is 0 Å². The summed E-state index contributed by atoms with van der Waals surface area (Å²) >= 11 is 0. The lowest BCUT2D eigenvalue weighted by Crippen LogP contribution is -2.26. The van der Waals surface area contributed by atoms with Crippen molar-refractivity contribution in [3.05, 3.63) is 29.3 Å². The Balaban J connectivity index is 2.83. The Morgan fingerprint density at radius 3 is 2.87 bits per heavy atom. The average molecular weight is 204 g/mol. The van der Waals surface area contributed by atoms with Crippen LogP contribution in [0.2, 0.25) is 0 Å². The first kappa shape index (κ1) is 11.5. The molecule has 0 saturated carbocycles. The van der Waals surface area contributed by atoms with Crippen LogP contribution in [0.15, 0.2) is 18.2 Å². The van der Waals surface area contributed by atoms with Crippen molar-refractivity contribution >= 4 is 0 Å². The Labute approximate surface area is 90.7 Å². The summed E-state index contributed by atoms with van der Waals surface area (Å²) in [5.74, 6) is 0.667. The first-order valence-electron chi connectivity index (χ1n) is 4.99. The topological polar surface area (TPSA) is 45.0 Å². The number of hydrogen-bond donors (Lipinski definition) is 1. The van der Waals surface area contributed by atoms with E-state index in [9.17, 15) is 0 Å². The number of aryl methyl sites for hydroxylation is 1. The first-order valence-corrected chi connectivity index (χ1v) is 4.99. The van der Waals surface area contributed by atoms with Gasteiger partial charge in [0.25, 0.3) is 0 Å². The molecular formula is C12H16N2O. The molecule has 0 amide bonds. The lowest BCUT2D eigenvalue weighted by molar-refractivity contribution is 0.220. The Hall–Kier alpha value is -1.53. The van der Waals surface area contributed by atoms with Crippen molar-refractivity contribution in [1.82, 2.24) is 5.32 Å². The maximum absolute atomic E-state index is 8.91. The Morgan fingerprint density at radius 2 is 2.27 bits per heavy atom. The van der Waals surface area contributed by atoms with Gasteiger partial charge in [0.05, 0.1) is 5.56 Å². The van der Waals surface area contributed by atoms with Gasteiger partial charge in [0.15, 0.2) is 0 Å². The van der Waals surface area contributed by atoms with Gasteiger partial charge in [-0.25, -0.2) is 0 Å². The van der Waals surface area contributed by atoms with E-state index in [0.29, 0.717) is 11.3 Å². The highest BCUT2D eigenvalue weighted by Crippen LogP contribution is 2.20. The van der Waals surface area contributed by atoms with Gasteiger partial charge in [0.1, 0.15) is 17.9 Å². The van der Waals surface area contributed by atoms with E-state index in [4.69, 9.17) is 10.00 Å². The van der Waals surface area contributed by atoms with Gasteiger partial charge in [-0.3, -0.25) is 0 Å². The van der Waals surface area contributed by atoms with Crippen LogP contribution < -0.4 is 10.1 Å². The van der Waals surface area contributed by atoms with E-state index >= 15 is 0 Å². The Bertz CT molecular complexity index is 368. The molecule has 80 valence electrons. The molecule has 0 bridgehead atoms. The van der Waals surface area contributed by atoms with E-state index in [1.165, 1.54) is 0 Å². The molecule has 0 aliphatic rings. The van der Waals surface area contributed by atoms with Crippen molar-refractivity contribution in [2.45, 2.75) is 20.0 Å². The average Bonchev–Trinajstić information content (AvgIpc) is 2.18. The van der Waals surface area contributed by atoms with Crippen LogP contribution >= 0.6 is 0 Å². The molecule has 0 aromatic heterocycles. The highest BCUT2D eigenvalue weighted by atomic mass is 16.5. The summed E-state index contributed by atoms with van der Waals surface area (Å²) in [6, 6.07) is 7.72. The number of ether oxygens (including phenoxy) is 1. The van der Waals surface area contributed by atoms with Gasteiger partial charge in [-0.15, -0.1) is 0 Å². The fourth-order valence-electron chi connectivity index (χ4n) is 1.37. The number of likely N-dealkylation sites (N-methyl/N-ethyl adjacent to an activating group) is 1. The standard InChI is InChI=1S/C12H16N2O/c1-9-4-5-11(7-13)12(6-9)15-10(2)8-14-3/h4-6,10,14H,8H2,1-3H3. The minimum atomic E-state index is 0.0592. The molecule has 1 atom stereocenters. The minimum Gasteiger partial charge on any atom is -0.488 e. The largest absolute Gasteiger partial charge is 0.488 e. The number of rotatable bonds is 4. The summed E-state index contributed by atoms with van der Waals surface area (Å²) < 4.78 is 5.67. The van der Waals surface area contributed by atoms with Gasteiger partial charge in [-0.05, 0) is 38.6 Å². The van der Waals surface area contributed by atoms with Crippen LogP contribution in [-0.2, 0) is 0 Å². The van der Waals surface area contributed by atoms with Gasteiger partial charge in [-0.2, -0.15) is 5.26 Å². The number of nitrogens with zero attached hydrogens (tertiary/aromatic N) is 1. The third-order valence-electron chi connectivity index (χ3n) is 2.08. The summed E-state index contributed by atoms with van der Waals surface area (Å²) in [6.07, 6.45) is 0.0592. The van der Waals surface area contributed by atoms with Gasteiger partial charge in [-0.1, -0.05) is 6.07 Å². The zero-order chi connectivity index (χ0) is 11.3. The highest BCUT2D eigenvalue weighted by Gasteiger charge is 2.07.